The van der Waals surface area contributed by atoms with E-state index in [2.05, 4.69) is 102 Å². The molecule has 0 aliphatic carbocycles. The van der Waals surface area contributed by atoms with Crippen LogP contribution in [0.15, 0.2) is 47.6 Å². The molecule has 0 aliphatic heterocycles. The molecule has 0 fully saturated rings. The fourth-order valence-corrected chi connectivity index (χ4v) is 9.04. The van der Waals surface area contributed by atoms with Crippen molar-refractivity contribution in [3.8, 4) is 0 Å². The lowest BCUT2D eigenvalue weighted by Gasteiger charge is -2.22. The highest BCUT2D eigenvalue weighted by Gasteiger charge is 2.21. The summed E-state index contributed by atoms with van der Waals surface area (Å²) in [5.74, 6) is 3.10. The average molecular weight is 819 g/mol. The first-order chi connectivity index (χ1) is 29.4. The van der Waals surface area contributed by atoms with Gasteiger partial charge in [0.2, 0.25) is 0 Å². The fourth-order valence-electron chi connectivity index (χ4n) is 9.04. The van der Waals surface area contributed by atoms with Crippen LogP contribution in [0.2, 0.25) is 0 Å². The molecule has 2 aromatic carbocycles. The third-order valence-electron chi connectivity index (χ3n) is 13.2. The van der Waals surface area contributed by atoms with Crippen LogP contribution in [0.25, 0.3) is 11.1 Å². The summed E-state index contributed by atoms with van der Waals surface area (Å²) >= 11 is 0. The van der Waals surface area contributed by atoms with E-state index >= 15 is 0 Å². The van der Waals surface area contributed by atoms with Gasteiger partial charge in [0.1, 0.15) is 5.57 Å². The lowest BCUT2D eigenvalue weighted by Crippen LogP contribution is -2.07. The zero-order valence-electron chi connectivity index (χ0n) is 41.0. The molecule has 0 saturated heterocycles. The molecule has 2 rings (SSSR count). The van der Waals surface area contributed by atoms with Crippen LogP contribution in [0.4, 0.5) is 0 Å². The molecule has 0 bridgehead atoms. The van der Waals surface area contributed by atoms with E-state index in [1.807, 2.05) is 0 Å². The normalized spacial score (nSPS) is 11.9. The molecule has 60 heavy (non-hydrogen) atoms. The molecule has 0 spiro atoms. The Morgan fingerprint density at radius 3 is 1.33 bits per heavy atom. The molecule has 0 amide bonds. The van der Waals surface area contributed by atoms with Gasteiger partial charge < -0.3 is 5.53 Å². The highest BCUT2D eigenvalue weighted by atomic mass is 14.8. The largest absolute Gasteiger partial charge is 0.348 e. The Labute approximate surface area is 373 Å². The van der Waals surface area contributed by atoms with E-state index in [9.17, 15) is 5.53 Å². The third-order valence-corrected chi connectivity index (χ3v) is 13.2. The van der Waals surface area contributed by atoms with Gasteiger partial charge in [-0.15, -0.1) is 4.79 Å². The first-order valence-corrected chi connectivity index (χ1v) is 26.0. The highest BCUT2D eigenvalue weighted by Crippen LogP contribution is 2.38. The summed E-state index contributed by atoms with van der Waals surface area (Å²) in [6, 6.07) is 9.92. The SMILES string of the molecule is CCCCCCCCCCCCCCCCCCCCCC=CC(=C=[N+]=[N-])C(CCCC)=C(c1cc(C)c(C)c(C)c1)c1cc(CCCC)c(CCCC)c(CCCC)c1. The van der Waals surface area contributed by atoms with Gasteiger partial charge in [0.25, 0.3) is 0 Å². The lowest BCUT2D eigenvalue weighted by molar-refractivity contribution is 0.00766. The Morgan fingerprint density at radius 2 is 0.900 bits per heavy atom. The van der Waals surface area contributed by atoms with Crippen LogP contribution in [-0.4, -0.2) is 10.7 Å². The number of rotatable bonds is 36. The molecule has 0 aromatic heterocycles. The first kappa shape index (κ1) is 53.2. The van der Waals surface area contributed by atoms with Gasteiger partial charge in [-0.3, -0.25) is 0 Å². The summed E-state index contributed by atoms with van der Waals surface area (Å²) in [4.78, 5) is 3.58. The summed E-state index contributed by atoms with van der Waals surface area (Å²) < 4.78 is 0. The maximum atomic E-state index is 10.1. The summed E-state index contributed by atoms with van der Waals surface area (Å²) in [5.41, 5.74) is 24.9. The number of unbranched alkanes of at least 4 members (excludes halogenated alkanes) is 23. The van der Waals surface area contributed by atoms with Crippen LogP contribution in [0.3, 0.4) is 0 Å². The van der Waals surface area contributed by atoms with Crippen molar-refractivity contribution in [3.63, 3.8) is 0 Å². The maximum absolute atomic E-state index is 10.1. The van der Waals surface area contributed by atoms with Crippen molar-refractivity contribution in [3.05, 3.63) is 97.6 Å². The van der Waals surface area contributed by atoms with Gasteiger partial charge in [-0.2, -0.15) is 0 Å². The molecular formula is C58H94N2. The van der Waals surface area contributed by atoms with Crippen molar-refractivity contribution in [2.24, 2.45) is 0 Å². The zero-order chi connectivity index (χ0) is 43.6. The second-order valence-electron chi connectivity index (χ2n) is 18.5. The Bertz CT molecular complexity index is 1540. The monoisotopic (exact) mass is 819 g/mol. The van der Waals surface area contributed by atoms with E-state index in [1.165, 1.54) is 206 Å². The quantitative estimate of drug-likeness (QED) is 0.0216. The van der Waals surface area contributed by atoms with E-state index in [1.54, 1.807) is 16.7 Å². The molecule has 0 atom stereocenters. The van der Waals surface area contributed by atoms with Crippen LogP contribution in [0, 0.1) is 20.8 Å². The fraction of sp³-hybridized carbons (Fsp3) is 0.690. The molecule has 2 nitrogen and oxygen atoms in total. The summed E-state index contributed by atoms with van der Waals surface area (Å²) in [6.45, 7) is 18.3. The Kier molecular flexibility index (Phi) is 30.7. The number of nitrogens with zero attached hydrogens (tertiary/aromatic N) is 2. The molecule has 0 radical (unpaired) electrons. The number of aryl methyl sites for hydroxylation is 4. The first-order valence-electron chi connectivity index (χ1n) is 26.0. The summed E-state index contributed by atoms with van der Waals surface area (Å²) in [7, 11) is 0. The van der Waals surface area contributed by atoms with Gasteiger partial charge in [-0.05, 0) is 147 Å². The Hall–Kier alpha value is -2.92. The van der Waals surface area contributed by atoms with E-state index in [4.69, 9.17) is 0 Å². The third kappa shape index (κ3) is 21.2. The van der Waals surface area contributed by atoms with Crippen molar-refractivity contribution < 1.29 is 4.79 Å². The van der Waals surface area contributed by atoms with Crippen molar-refractivity contribution in [1.29, 1.82) is 0 Å². The number of benzene rings is 2. The smallest absolute Gasteiger partial charge is 0.307 e. The molecule has 2 heteroatoms. The molecule has 0 saturated carbocycles. The predicted molar refractivity (Wildman–Crippen MR) is 268 cm³/mol. The van der Waals surface area contributed by atoms with Crippen LogP contribution in [-0.2, 0) is 19.3 Å². The van der Waals surface area contributed by atoms with E-state index in [0.717, 1.165) is 44.1 Å². The van der Waals surface area contributed by atoms with Gasteiger partial charge >= 0.3 is 5.87 Å². The molecule has 2 aromatic rings. The number of hydrogen-bond acceptors (Lipinski definition) is 0. The van der Waals surface area contributed by atoms with E-state index < -0.39 is 0 Å². The van der Waals surface area contributed by atoms with Gasteiger partial charge in [-0.1, -0.05) is 206 Å². The highest BCUT2D eigenvalue weighted by molar-refractivity contribution is 5.89. The zero-order valence-corrected chi connectivity index (χ0v) is 41.0. The minimum atomic E-state index is 0.922. The van der Waals surface area contributed by atoms with Crippen LogP contribution >= 0.6 is 0 Å². The number of hydrogen-bond donors (Lipinski definition) is 0. The van der Waals surface area contributed by atoms with Crippen LogP contribution < -0.4 is 0 Å². The second kappa shape index (κ2) is 34.6. The average Bonchev–Trinajstić information content (AvgIpc) is 3.24. The molecule has 0 heterocycles. The van der Waals surface area contributed by atoms with Crippen molar-refractivity contribution in [2.75, 3.05) is 0 Å². The van der Waals surface area contributed by atoms with Crippen LogP contribution in [0.1, 0.15) is 265 Å². The molecule has 0 aliphatic rings. The summed E-state index contributed by atoms with van der Waals surface area (Å²) in [5, 5.41) is 0. The molecule has 0 N–H and O–H groups in total. The van der Waals surface area contributed by atoms with Crippen molar-refractivity contribution >= 4 is 11.4 Å². The number of allylic oxidation sites excluding steroid dienone is 4. The molecular weight excluding hydrogens is 725 g/mol. The maximum Gasteiger partial charge on any atom is 0.307 e. The predicted octanol–water partition coefficient (Wildman–Crippen LogP) is 18.8. The van der Waals surface area contributed by atoms with Crippen molar-refractivity contribution in [2.45, 2.75) is 261 Å². The molecule has 336 valence electrons. The van der Waals surface area contributed by atoms with Gasteiger partial charge in [0.05, 0.1) is 0 Å². The lowest BCUT2D eigenvalue weighted by atomic mass is 9.81. The Morgan fingerprint density at radius 1 is 0.500 bits per heavy atom. The topological polar surface area (TPSA) is 36.4 Å². The minimum Gasteiger partial charge on any atom is -0.348 e. The van der Waals surface area contributed by atoms with Crippen LogP contribution in [0.5, 0.6) is 0 Å². The minimum absolute atomic E-state index is 0.922. The second-order valence-corrected chi connectivity index (χ2v) is 18.5. The van der Waals surface area contributed by atoms with E-state index in [-0.39, 0.29) is 0 Å². The van der Waals surface area contributed by atoms with Gasteiger partial charge in [0.15, 0.2) is 0 Å². The van der Waals surface area contributed by atoms with Gasteiger partial charge in [-0.25, -0.2) is 0 Å². The van der Waals surface area contributed by atoms with E-state index in [0.29, 0.717) is 0 Å². The summed E-state index contributed by atoms with van der Waals surface area (Å²) in [6.07, 6.45) is 46.1. The van der Waals surface area contributed by atoms with Crippen molar-refractivity contribution in [1.82, 2.24) is 0 Å². The standard InChI is InChI=1S/C58H94N2/c1-9-14-19-20-21-22-23-24-25-26-27-28-29-30-31-32-33-34-35-36-37-40-53(47-60-59)57(42-18-13-5)58(54-43-48(6)50(8)49(7)44-54)55-45-51(38-15-10-2)56(41-17-12-4)52(46-55)39-16-11-3/h37,40,43-46H,9-36,38-39,41-42H2,1-8H3. The Balaban J connectivity index is 2.20. The van der Waals surface area contributed by atoms with Gasteiger partial charge in [0, 0.05) is 0 Å². The molecule has 0 unspecified atom stereocenters.